The summed E-state index contributed by atoms with van der Waals surface area (Å²) in [5, 5.41) is 4.33. The van der Waals surface area contributed by atoms with Crippen LogP contribution in [-0.4, -0.2) is 34.6 Å². The summed E-state index contributed by atoms with van der Waals surface area (Å²) in [6.45, 7) is 3.86. The van der Waals surface area contributed by atoms with Gasteiger partial charge in [-0.25, -0.2) is 13.4 Å². The van der Waals surface area contributed by atoms with E-state index in [0.29, 0.717) is 23.6 Å². The van der Waals surface area contributed by atoms with E-state index in [1.54, 1.807) is 35.0 Å². The lowest BCUT2D eigenvalue weighted by atomic mass is 10.2. The molecule has 1 heterocycles. The Balaban J connectivity index is 3.29. The number of nitrogens with one attached hydrogen (secondary N) is 2. The smallest absolute Gasteiger partial charge is 0.257 e. The summed E-state index contributed by atoms with van der Waals surface area (Å²) in [5.74, 6) is 1.03. The van der Waals surface area contributed by atoms with Crippen molar-refractivity contribution in [2.45, 2.75) is 25.3 Å². The highest BCUT2D eigenvalue weighted by Crippen LogP contribution is 2.26. The Morgan fingerprint density at radius 2 is 1.82 bits per heavy atom. The van der Waals surface area contributed by atoms with Gasteiger partial charge in [0.05, 0.1) is 0 Å². The van der Waals surface area contributed by atoms with Crippen molar-refractivity contribution in [1.82, 2.24) is 15.2 Å². The van der Waals surface area contributed by atoms with Crippen LogP contribution < -0.4 is 10.1 Å². The average Bonchev–Trinajstić information content (AvgIpc) is 2.40. The van der Waals surface area contributed by atoms with E-state index in [1.807, 2.05) is 0 Å². The zero-order valence-corrected chi connectivity index (χ0v) is 11.6. The molecule has 0 amide bonds. The summed E-state index contributed by atoms with van der Waals surface area (Å²) >= 11 is 0. The topological polar surface area (TPSA) is 74.6 Å². The molecular weight excluding hydrogens is 242 g/mol. The normalized spacial score (nSPS) is 12.4. The zero-order valence-electron chi connectivity index (χ0n) is 10.8. The Kier molecular flexibility index (Phi) is 4.31. The number of hydrogen-bond donors (Lipinski definition) is 2. The number of aryl methyl sites for hydroxylation is 2. The third-order valence-electron chi connectivity index (χ3n) is 2.25. The Morgan fingerprint density at radius 1 is 1.24 bits per heavy atom. The van der Waals surface area contributed by atoms with E-state index in [9.17, 15) is 8.42 Å². The van der Waals surface area contributed by atoms with E-state index in [-0.39, 0.29) is 4.90 Å². The molecular formula is C10H19N3O3S. The second kappa shape index (κ2) is 5.18. The summed E-state index contributed by atoms with van der Waals surface area (Å²) in [6, 6.07) is 0. The second-order valence-electron chi connectivity index (χ2n) is 4.04. The quantitative estimate of drug-likeness (QED) is 0.749. The van der Waals surface area contributed by atoms with Crippen molar-refractivity contribution in [3.63, 3.8) is 0 Å². The van der Waals surface area contributed by atoms with Crippen molar-refractivity contribution in [3.05, 3.63) is 17.1 Å². The van der Waals surface area contributed by atoms with Gasteiger partial charge >= 0.3 is 0 Å². The van der Waals surface area contributed by atoms with E-state index in [4.69, 9.17) is 4.42 Å². The van der Waals surface area contributed by atoms with Crippen LogP contribution in [0.1, 0.15) is 17.1 Å². The Bertz CT molecular complexity index is 491. The van der Waals surface area contributed by atoms with Crippen molar-refractivity contribution in [1.29, 1.82) is 0 Å². The Morgan fingerprint density at radius 3 is 2.29 bits per heavy atom. The molecule has 0 atom stereocenters. The molecule has 0 spiro atoms. The molecule has 0 unspecified atom stereocenters. The standard InChI is InChI=1S/C10H19N3O3S/c1-7-9(6-11-3)10(8(2)16-7)17(14,15)12-13(4)5/h11-12H,6H2,1-5H3. The molecule has 1 rings (SSSR count). The number of hydrogen-bond acceptors (Lipinski definition) is 5. The number of nitrogens with zero attached hydrogens (tertiary/aromatic N) is 1. The van der Waals surface area contributed by atoms with Crippen LogP contribution in [0.2, 0.25) is 0 Å². The van der Waals surface area contributed by atoms with Gasteiger partial charge in [0.1, 0.15) is 16.4 Å². The first-order valence-corrected chi connectivity index (χ1v) is 6.71. The number of rotatable bonds is 5. The van der Waals surface area contributed by atoms with E-state index < -0.39 is 10.0 Å². The molecule has 0 saturated carbocycles. The molecule has 0 aliphatic rings. The van der Waals surface area contributed by atoms with Gasteiger partial charge in [-0.05, 0) is 20.9 Å². The second-order valence-corrected chi connectivity index (χ2v) is 5.64. The molecule has 1 aromatic heterocycles. The van der Waals surface area contributed by atoms with E-state index in [0.717, 1.165) is 0 Å². The molecule has 0 aromatic carbocycles. The fraction of sp³-hybridized carbons (Fsp3) is 0.600. The maximum absolute atomic E-state index is 12.1. The highest BCUT2D eigenvalue weighted by Gasteiger charge is 2.26. The lowest BCUT2D eigenvalue weighted by Crippen LogP contribution is -2.36. The first-order chi connectivity index (χ1) is 7.79. The Hall–Kier alpha value is -0.890. The minimum atomic E-state index is -3.58. The molecule has 6 nitrogen and oxygen atoms in total. The van der Waals surface area contributed by atoms with Crippen molar-refractivity contribution < 1.29 is 12.8 Å². The summed E-state index contributed by atoms with van der Waals surface area (Å²) < 4.78 is 29.7. The van der Waals surface area contributed by atoms with Crippen LogP contribution in [0.5, 0.6) is 0 Å². The van der Waals surface area contributed by atoms with E-state index in [2.05, 4.69) is 10.1 Å². The van der Waals surface area contributed by atoms with Crippen molar-refractivity contribution in [3.8, 4) is 0 Å². The van der Waals surface area contributed by atoms with Crippen molar-refractivity contribution in [2.24, 2.45) is 0 Å². The van der Waals surface area contributed by atoms with E-state index >= 15 is 0 Å². The third-order valence-corrected chi connectivity index (χ3v) is 3.93. The van der Waals surface area contributed by atoms with Gasteiger partial charge in [-0.15, -0.1) is 4.83 Å². The minimum absolute atomic E-state index is 0.220. The van der Waals surface area contributed by atoms with E-state index in [1.165, 1.54) is 5.01 Å². The number of sulfonamides is 1. The lowest BCUT2D eigenvalue weighted by Gasteiger charge is -2.13. The minimum Gasteiger partial charge on any atom is -0.465 e. The third kappa shape index (κ3) is 3.06. The van der Waals surface area contributed by atoms with Crippen LogP contribution in [0.25, 0.3) is 0 Å². The molecule has 98 valence electrons. The van der Waals surface area contributed by atoms with Crippen LogP contribution >= 0.6 is 0 Å². The molecule has 2 N–H and O–H groups in total. The van der Waals surface area contributed by atoms with Crippen molar-refractivity contribution >= 4 is 10.0 Å². The van der Waals surface area contributed by atoms with Gasteiger partial charge in [-0.1, -0.05) is 0 Å². The van der Waals surface area contributed by atoms with Crippen LogP contribution in [0.15, 0.2) is 9.31 Å². The molecule has 0 aliphatic carbocycles. The fourth-order valence-electron chi connectivity index (χ4n) is 1.73. The maximum Gasteiger partial charge on any atom is 0.257 e. The molecule has 1 aromatic rings. The lowest BCUT2D eigenvalue weighted by molar-refractivity contribution is 0.363. The summed E-state index contributed by atoms with van der Waals surface area (Å²) in [5.41, 5.74) is 0.666. The van der Waals surface area contributed by atoms with Crippen LogP contribution in [0.3, 0.4) is 0 Å². The first kappa shape index (κ1) is 14.2. The number of furan rings is 1. The highest BCUT2D eigenvalue weighted by atomic mass is 32.2. The number of hydrazine groups is 1. The molecule has 0 fully saturated rings. The average molecular weight is 261 g/mol. The Labute approximate surface area is 102 Å². The van der Waals surface area contributed by atoms with Gasteiger partial charge in [0.15, 0.2) is 0 Å². The molecule has 0 bridgehead atoms. The van der Waals surface area contributed by atoms with Gasteiger partial charge < -0.3 is 9.73 Å². The maximum atomic E-state index is 12.1. The first-order valence-electron chi connectivity index (χ1n) is 5.22. The van der Waals surface area contributed by atoms with Gasteiger partial charge in [0.2, 0.25) is 0 Å². The van der Waals surface area contributed by atoms with Crippen LogP contribution in [-0.2, 0) is 16.6 Å². The van der Waals surface area contributed by atoms with Gasteiger partial charge in [-0.2, -0.15) is 0 Å². The van der Waals surface area contributed by atoms with Crippen molar-refractivity contribution in [2.75, 3.05) is 21.1 Å². The van der Waals surface area contributed by atoms with Gasteiger partial charge in [0.25, 0.3) is 10.0 Å². The summed E-state index contributed by atoms with van der Waals surface area (Å²) in [7, 11) is 1.43. The molecule has 0 radical (unpaired) electrons. The predicted molar refractivity (Wildman–Crippen MR) is 65.0 cm³/mol. The molecule has 17 heavy (non-hydrogen) atoms. The summed E-state index contributed by atoms with van der Waals surface area (Å²) in [4.78, 5) is 2.63. The predicted octanol–water partition coefficient (Wildman–Crippen LogP) is 0.371. The fourth-order valence-corrected chi connectivity index (χ4v) is 3.26. The van der Waals surface area contributed by atoms with Gasteiger partial charge in [0, 0.05) is 26.2 Å². The highest BCUT2D eigenvalue weighted by molar-refractivity contribution is 7.89. The molecule has 0 saturated heterocycles. The zero-order chi connectivity index (χ0) is 13.2. The van der Waals surface area contributed by atoms with Crippen LogP contribution in [0.4, 0.5) is 0 Å². The SMILES string of the molecule is CNCc1c(C)oc(C)c1S(=O)(=O)NN(C)C. The molecule has 0 aliphatic heterocycles. The van der Waals surface area contributed by atoms with Gasteiger partial charge in [-0.3, -0.25) is 0 Å². The molecule has 7 heteroatoms. The van der Waals surface area contributed by atoms with Crippen LogP contribution in [0, 0.1) is 13.8 Å². The summed E-state index contributed by atoms with van der Waals surface area (Å²) in [6.07, 6.45) is 0. The largest absolute Gasteiger partial charge is 0.465 e. The monoisotopic (exact) mass is 261 g/mol.